The summed E-state index contributed by atoms with van der Waals surface area (Å²) in [5, 5.41) is 8.87. The van der Waals surface area contributed by atoms with E-state index in [1.165, 1.54) is 12.1 Å². The molecule has 0 heterocycles. The molecule has 0 aliphatic carbocycles. The van der Waals surface area contributed by atoms with Crippen LogP contribution in [0.5, 0.6) is 5.75 Å². The largest absolute Gasteiger partial charge is 0.486 e. The van der Waals surface area contributed by atoms with Crippen molar-refractivity contribution < 1.29 is 19.0 Å². The Morgan fingerprint density at radius 1 is 1.29 bits per heavy atom. The average molecular weight is 289 g/mol. The highest BCUT2D eigenvalue weighted by Gasteiger charge is 2.10. The Bertz CT molecular complexity index is 671. The van der Waals surface area contributed by atoms with Gasteiger partial charge in [-0.2, -0.15) is 0 Å². The summed E-state index contributed by atoms with van der Waals surface area (Å²) in [6, 6.07) is 9.78. The normalized spacial score (nSPS) is 10.4. The van der Waals surface area contributed by atoms with Gasteiger partial charge < -0.3 is 15.6 Å². The summed E-state index contributed by atoms with van der Waals surface area (Å²) in [6.07, 6.45) is -0.0945. The number of nitrogen functional groups attached to an aromatic ring is 1. The number of aliphatic carboxylic acids is 1. The first-order valence-electron chi connectivity index (χ1n) is 6.44. The standard InChI is InChI=1S/C16H16FNO3/c1-10-6-15(13(17)8-14(10)18)21-9-12-5-3-2-4-11(12)7-16(19)20/h2-6,8H,7,9,18H2,1H3,(H,19,20). The van der Waals surface area contributed by atoms with Crippen LogP contribution >= 0.6 is 0 Å². The third-order valence-electron chi connectivity index (χ3n) is 3.16. The summed E-state index contributed by atoms with van der Waals surface area (Å²) >= 11 is 0. The first kappa shape index (κ1) is 14.8. The molecule has 0 aliphatic rings. The van der Waals surface area contributed by atoms with Gasteiger partial charge in [-0.05, 0) is 29.7 Å². The maximum Gasteiger partial charge on any atom is 0.307 e. The van der Waals surface area contributed by atoms with Gasteiger partial charge in [0.25, 0.3) is 0 Å². The quantitative estimate of drug-likeness (QED) is 0.830. The van der Waals surface area contributed by atoms with E-state index >= 15 is 0 Å². The number of benzene rings is 2. The second-order valence-electron chi connectivity index (χ2n) is 4.77. The lowest BCUT2D eigenvalue weighted by Crippen LogP contribution is -2.06. The van der Waals surface area contributed by atoms with Crippen LogP contribution in [0.3, 0.4) is 0 Å². The molecule has 2 aromatic carbocycles. The second-order valence-corrected chi connectivity index (χ2v) is 4.77. The van der Waals surface area contributed by atoms with E-state index < -0.39 is 11.8 Å². The van der Waals surface area contributed by atoms with Crippen LogP contribution in [0.1, 0.15) is 16.7 Å². The first-order chi connectivity index (χ1) is 9.97. The van der Waals surface area contributed by atoms with Crippen molar-refractivity contribution in [3.8, 4) is 5.75 Å². The molecule has 0 aliphatic heterocycles. The van der Waals surface area contributed by atoms with Gasteiger partial charge in [0.05, 0.1) is 6.42 Å². The molecule has 21 heavy (non-hydrogen) atoms. The van der Waals surface area contributed by atoms with Crippen molar-refractivity contribution in [2.45, 2.75) is 20.0 Å². The SMILES string of the molecule is Cc1cc(OCc2ccccc2CC(=O)O)c(F)cc1N. The molecule has 5 heteroatoms. The van der Waals surface area contributed by atoms with Gasteiger partial charge in [0.2, 0.25) is 0 Å². The van der Waals surface area contributed by atoms with Crippen LogP contribution in [-0.4, -0.2) is 11.1 Å². The first-order valence-corrected chi connectivity index (χ1v) is 6.44. The lowest BCUT2D eigenvalue weighted by Gasteiger charge is -2.12. The van der Waals surface area contributed by atoms with Gasteiger partial charge >= 0.3 is 5.97 Å². The minimum Gasteiger partial charge on any atom is -0.486 e. The molecule has 2 aromatic rings. The molecule has 0 fully saturated rings. The van der Waals surface area contributed by atoms with Crippen molar-refractivity contribution >= 4 is 11.7 Å². The second kappa shape index (κ2) is 6.26. The van der Waals surface area contributed by atoms with Gasteiger partial charge in [-0.1, -0.05) is 24.3 Å². The molecular weight excluding hydrogens is 273 g/mol. The molecule has 0 saturated carbocycles. The topological polar surface area (TPSA) is 72.5 Å². The van der Waals surface area contributed by atoms with Crippen LogP contribution < -0.4 is 10.5 Å². The zero-order valence-corrected chi connectivity index (χ0v) is 11.6. The number of hydrogen-bond donors (Lipinski definition) is 2. The number of carboxylic acids is 1. The maximum atomic E-state index is 13.7. The van der Waals surface area contributed by atoms with Gasteiger partial charge in [-0.3, -0.25) is 4.79 Å². The highest BCUT2D eigenvalue weighted by molar-refractivity contribution is 5.70. The van der Waals surface area contributed by atoms with Crippen LogP contribution in [0.15, 0.2) is 36.4 Å². The number of anilines is 1. The molecule has 0 atom stereocenters. The van der Waals surface area contributed by atoms with E-state index in [2.05, 4.69) is 0 Å². The predicted octanol–water partition coefficient (Wildman–Crippen LogP) is 2.92. The van der Waals surface area contributed by atoms with E-state index in [1.807, 2.05) is 0 Å². The number of carbonyl (C=O) groups is 1. The average Bonchev–Trinajstić information content (AvgIpc) is 2.42. The van der Waals surface area contributed by atoms with Crippen LogP contribution in [0.2, 0.25) is 0 Å². The molecular formula is C16H16FNO3. The fourth-order valence-electron chi connectivity index (χ4n) is 1.97. The van der Waals surface area contributed by atoms with Gasteiger partial charge in [-0.25, -0.2) is 4.39 Å². The van der Waals surface area contributed by atoms with Crippen molar-refractivity contribution in [1.29, 1.82) is 0 Å². The Morgan fingerprint density at radius 3 is 2.62 bits per heavy atom. The van der Waals surface area contributed by atoms with Crippen LogP contribution in [-0.2, 0) is 17.8 Å². The Hall–Kier alpha value is -2.56. The van der Waals surface area contributed by atoms with Gasteiger partial charge in [0.1, 0.15) is 6.61 Å². The summed E-state index contributed by atoms with van der Waals surface area (Å²) in [5.41, 5.74) is 8.08. The van der Waals surface area contributed by atoms with Crippen LogP contribution in [0.25, 0.3) is 0 Å². The lowest BCUT2D eigenvalue weighted by atomic mass is 10.1. The number of ether oxygens (including phenoxy) is 1. The Balaban J connectivity index is 2.17. The smallest absolute Gasteiger partial charge is 0.307 e. The highest BCUT2D eigenvalue weighted by Crippen LogP contribution is 2.24. The van der Waals surface area contributed by atoms with Crippen molar-refractivity contribution in [1.82, 2.24) is 0 Å². The van der Waals surface area contributed by atoms with Crippen LogP contribution in [0.4, 0.5) is 10.1 Å². The molecule has 110 valence electrons. The van der Waals surface area contributed by atoms with Crippen molar-refractivity contribution in [2.75, 3.05) is 5.73 Å². The molecule has 0 aromatic heterocycles. The van der Waals surface area contributed by atoms with E-state index in [-0.39, 0.29) is 18.8 Å². The molecule has 0 unspecified atom stereocenters. The van der Waals surface area contributed by atoms with Crippen molar-refractivity contribution in [3.63, 3.8) is 0 Å². The van der Waals surface area contributed by atoms with Gasteiger partial charge in [-0.15, -0.1) is 0 Å². The van der Waals surface area contributed by atoms with Gasteiger partial charge in [0.15, 0.2) is 11.6 Å². The molecule has 0 spiro atoms. The molecule has 0 amide bonds. The van der Waals surface area contributed by atoms with Crippen molar-refractivity contribution in [3.05, 3.63) is 58.9 Å². The minimum absolute atomic E-state index is 0.0945. The molecule has 0 radical (unpaired) electrons. The Labute approximate surface area is 122 Å². The molecule has 4 nitrogen and oxygen atoms in total. The van der Waals surface area contributed by atoms with E-state index in [1.54, 1.807) is 31.2 Å². The molecule has 2 rings (SSSR count). The maximum absolute atomic E-state index is 13.7. The zero-order valence-electron chi connectivity index (χ0n) is 11.6. The molecule has 0 bridgehead atoms. The van der Waals surface area contributed by atoms with Crippen molar-refractivity contribution in [2.24, 2.45) is 0 Å². The Kier molecular flexibility index (Phi) is 4.42. The zero-order chi connectivity index (χ0) is 15.4. The van der Waals surface area contributed by atoms with Crippen LogP contribution in [0, 0.1) is 12.7 Å². The minimum atomic E-state index is -0.919. The summed E-state index contributed by atoms with van der Waals surface area (Å²) in [6.45, 7) is 1.86. The number of nitrogens with two attached hydrogens (primary N) is 1. The highest BCUT2D eigenvalue weighted by atomic mass is 19.1. The number of carboxylic acid groups (broad SMARTS) is 1. The van der Waals surface area contributed by atoms with E-state index in [4.69, 9.17) is 15.6 Å². The predicted molar refractivity (Wildman–Crippen MR) is 77.7 cm³/mol. The number of rotatable bonds is 5. The summed E-state index contributed by atoms with van der Waals surface area (Å²) in [7, 11) is 0. The Morgan fingerprint density at radius 2 is 1.95 bits per heavy atom. The fourth-order valence-corrected chi connectivity index (χ4v) is 1.97. The summed E-state index contributed by atoms with van der Waals surface area (Å²) in [4.78, 5) is 10.8. The number of aryl methyl sites for hydroxylation is 1. The molecule has 3 N–H and O–H groups in total. The summed E-state index contributed by atoms with van der Waals surface area (Å²) < 4.78 is 19.2. The van der Waals surface area contributed by atoms with Gasteiger partial charge in [0, 0.05) is 11.8 Å². The number of hydrogen-bond acceptors (Lipinski definition) is 3. The van der Waals surface area contributed by atoms with E-state index in [0.717, 1.165) is 5.56 Å². The number of halogens is 1. The van der Waals surface area contributed by atoms with E-state index in [0.29, 0.717) is 16.8 Å². The van der Waals surface area contributed by atoms with E-state index in [9.17, 15) is 9.18 Å². The lowest BCUT2D eigenvalue weighted by molar-refractivity contribution is -0.136. The fraction of sp³-hybridized carbons (Fsp3) is 0.188. The summed E-state index contributed by atoms with van der Waals surface area (Å²) in [5.74, 6) is -1.35. The molecule has 0 saturated heterocycles. The third-order valence-corrected chi connectivity index (χ3v) is 3.16. The monoisotopic (exact) mass is 289 g/mol. The third kappa shape index (κ3) is 3.72.